The number of hydrogen-bond donors (Lipinski definition) is 0. The summed E-state index contributed by atoms with van der Waals surface area (Å²) in [6.45, 7) is 4.08. The standard InChI is InChI=1S/C18H16ClN3O2/c1-18(2,10-12-6-4-3-5-7-12)17-22-21-16(24-17)14-8-13(11-23)9-15(19)20-14/h3-9,11H,10H2,1-2H3. The number of aromatic nitrogens is 3. The molecule has 0 aliphatic heterocycles. The highest BCUT2D eigenvalue weighted by atomic mass is 35.5. The van der Waals surface area contributed by atoms with Crippen LogP contribution in [0.25, 0.3) is 11.6 Å². The Labute approximate surface area is 144 Å². The maximum atomic E-state index is 11.0. The van der Waals surface area contributed by atoms with Gasteiger partial charge in [-0.15, -0.1) is 10.2 Å². The van der Waals surface area contributed by atoms with Gasteiger partial charge in [-0.2, -0.15) is 0 Å². The van der Waals surface area contributed by atoms with E-state index >= 15 is 0 Å². The lowest BCUT2D eigenvalue weighted by Crippen LogP contribution is -2.21. The molecule has 0 unspecified atom stereocenters. The monoisotopic (exact) mass is 341 g/mol. The van der Waals surface area contributed by atoms with Crippen LogP contribution in [0.4, 0.5) is 0 Å². The number of benzene rings is 1. The van der Waals surface area contributed by atoms with E-state index in [0.29, 0.717) is 23.4 Å². The van der Waals surface area contributed by atoms with Crippen molar-refractivity contribution in [2.45, 2.75) is 25.7 Å². The molecule has 5 nitrogen and oxygen atoms in total. The first-order valence-electron chi connectivity index (χ1n) is 7.49. The summed E-state index contributed by atoms with van der Waals surface area (Å²) in [7, 11) is 0. The molecule has 0 aliphatic rings. The second-order valence-electron chi connectivity index (χ2n) is 6.18. The fraction of sp³-hybridized carbons (Fsp3) is 0.222. The molecule has 0 amide bonds. The van der Waals surface area contributed by atoms with Gasteiger partial charge >= 0.3 is 0 Å². The van der Waals surface area contributed by atoms with Gasteiger partial charge in [0.15, 0.2) is 0 Å². The minimum Gasteiger partial charge on any atom is -0.419 e. The van der Waals surface area contributed by atoms with Crippen molar-refractivity contribution >= 4 is 17.9 Å². The Hall–Kier alpha value is -2.53. The molecule has 2 heterocycles. The Balaban J connectivity index is 1.90. The third kappa shape index (κ3) is 3.51. The van der Waals surface area contributed by atoms with E-state index in [9.17, 15) is 4.79 Å². The van der Waals surface area contributed by atoms with E-state index in [1.54, 1.807) is 6.07 Å². The number of hydrogen-bond acceptors (Lipinski definition) is 5. The van der Waals surface area contributed by atoms with E-state index in [1.165, 1.54) is 11.6 Å². The molecule has 2 aromatic heterocycles. The topological polar surface area (TPSA) is 68.9 Å². The van der Waals surface area contributed by atoms with E-state index in [2.05, 4.69) is 27.3 Å². The van der Waals surface area contributed by atoms with Crippen LogP contribution < -0.4 is 0 Å². The Morgan fingerprint density at radius 2 is 1.92 bits per heavy atom. The zero-order valence-electron chi connectivity index (χ0n) is 13.4. The van der Waals surface area contributed by atoms with Crippen molar-refractivity contribution in [1.29, 1.82) is 0 Å². The Morgan fingerprint density at radius 1 is 1.17 bits per heavy atom. The van der Waals surface area contributed by atoms with Crippen LogP contribution in [0.15, 0.2) is 46.9 Å². The minimum absolute atomic E-state index is 0.206. The molecular formula is C18H16ClN3O2. The van der Waals surface area contributed by atoms with Crippen LogP contribution in [0, 0.1) is 0 Å². The minimum atomic E-state index is -0.335. The number of carbonyl (C=O) groups is 1. The highest BCUT2D eigenvalue weighted by Gasteiger charge is 2.28. The van der Waals surface area contributed by atoms with Crippen LogP contribution in [0.3, 0.4) is 0 Å². The average Bonchev–Trinajstić information content (AvgIpc) is 3.06. The van der Waals surface area contributed by atoms with Gasteiger partial charge in [0.25, 0.3) is 5.89 Å². The first-order chi connectivity index (χ1) is 11.5. The van der Waals surface area contributed by atoms with Crippen LogP contribution in [0.1, 0.15) is 35.7 Å². The second-order valence-corrected chi connectivity index (χ2v) is 6.57. The number of rotatable bonds is 5. The van der Waals surface area contributed by atoms with Crippen molar-refractivity contribution in [3.05, 3.63) is 64.6 Å². The summed E-state index contributed by atoms with van der Waals surface area (Å²) in [4.78, 5) is 15.1. The maximum absolute atomic E-state index is 11.0. The number of aldehydes is 1. The summed E-state index contributed by atoms with van der Waals surface area (Å²) in [6, 6.07) is 13.2. The molecular weight excluding hydrogens is 326 g/mol. The van der Waals surface area contributed by atoms with Gasteiger partial charge in [-0.3, -0.25) is 4.79 Å². The molecule has 0 aliphatic carbocycles. The number of halogens is 1. The second kappa shape index (κ2) is 6.53. The van der Waals surface area contributed by atoms with Gasteiger partial charge in [0.1, 0.15) is 17.1 Å². The summed E-state index contributed by atoms with van der Waals surface area (Å²) in [5.74, 6) is 0.757. The van der Waals surface area contributed by atoms with Crippen molar-refractivity contribution < 1.29 is 9.21 Å². The van der Waals surface area contributed by atoms with Crippen LogP contribution in [0.2, 0.25) is 5.15 Å². The van der Waals surface area contributed by atoms with E-state index in [1.807, 2.05) is 32.0 Å². The number of carbonyl (C=O) groups excluding carboxylic acids is 1. The van der Waals surface area contributed by atoms with Crippen molar-refractivity contribution in [3.63, 3.8) is 0 Å². The summed E-state index contributed by atoms with van der Waals surface area (Å²) in [6.07, 6.45) is 1.46. The molecule has 0 saturated heterocycles. The van der Waals surface area contributed by atoms with Crippen molar-refractivity contribution in [1.82, 2.24) is 15.2 Å². The molecule has 0 saturated carbocycles. The summed E-state index contributed by atoms with van der Waals surface area (Å²) in [5, 5.41) is 8.42. The third-order valence-corrected chi connectivity index (χ3v) is 3.86. The Morgan fingerprint density at radius 3 is 2.62 bits per heavy atom. The largest absolute Gasteiger partial charge is 0.419 e. The molecule has 0 N–H and O–H groups in total. The molecule has 0 atom stereocenters. The van der Waals surface area contributed by atoms with Crippen molar-refractivity contribution in [3.8, 4) is 11.6 Å². The van der Waals surface area contributed by atoms with Crippen molar-refractivity contribution in [2.24, 2.45) is 0 Å². The predicted molar refractivity (Wildman–Crippen MR) is 91.1 cm³/mol. The first-order valence-corrected chi connectivity index (χ1v) is 7.87. The van der Waals surface area contributed by atoms with Gasteiger partial charge in [0.2, 0.25) is 5.89 Å². The van der Waals surface area contributed by atoms with Gasteiger partial charge in [-0.1, -0.05) is 55.8 Å². The molecule has 1 aromatic carbocycles. The third-order valence-electron chi connectivity index (χ3n) is 3.66. The van der Waals surface area contributed by atoms with Gasteiger partial charge in [-0.25, -0.2) is 4.98 Å². The maximum Gasteiger partial charge on any atom is 0.266 e. The van der Waals surface area contributed by atoms with Gasteiger partial charge < -0.3 is 4.42 Å². The molecule has 122 valence electrons. The van der Waals surface area contributed by atoms with Gasteiger partial charge in [-0.05, 0) is 24.1 Å². The van der Waals surface area contributed by atoms with Crippen molar-refractivity contribution in [2.75, 3.05) is 0 Å². The van der Waals surface area contributed by atoms with E-state index in [-0.39, 0.29) is 16.5 Å². The normalized spacial score (nSPS) is 11.5. The van der Waals surface area contributed by atoms with E-state index in [0.717, 1.165) is 6.42 Å². The zero-order chi connectivity index (χ0) is 17.2. The van der Waals surface area contributed by atoms with Crippen LogP contribution in [-0.4, -0.2) is 21.5 Å². The molecule has 0 spiro atoms. The van der Waals surface area contributed by atoms with Crippen LogP contribution in [-0.2, 0) is 11.8 Å². The lowest BCUT2D eigenvalue weighted by atomic mass is 9.86. The molecule has 0 fully saturated rings. The highest BCUT2D eigenvalue weighted by molar-refractivity contribution is 6.29. The number of pyridine rings is 1. The summed E-state index contributed by atoms with van der Waals surface area (Å²) >= 11 is 5.92. The van der Waals surface area contributed by atoms with E-state index in [4.69, 9.17) is 16.0 Å². The highest BCUT2D eigenvalue weighted by Crippen LogP contribution is 2.29. The predicted octanol–water partition coefficient (Wildman–Crippen LogP) is 4.12. The molecule has 0 bridgehead atoms. The average molecular weight is 342 g/mol. The van der Waals surface area contributed by atoms with E-state index < -0.39 is 0 Å². The lowest BCUT2D eigenvalue weighted by molar-refractivity contribution is 0.112. The van der Waals surface area contributed by atoms with Crippen LogP contribution in [0.5, 0.6) is 0 Å². The quantitative estimate of drug-likeness (QED) is 0.515. The smallest absolute Gasteiger partial charge is 0.266 e. The Bertz CT molecular complexity index is 860. The number of nitrogens with zero attached hydrogens (tertiary/aromatic N) is 3. The molecule has 3 aromatic rings. The van der Waals surface area contributed by atoms with Gasteiger partial charge in [0.05, 0.1) is 0 Å². The fourth-order valence-electron chi connectivity index (χ4n) is 2.48. The lowest BCUT2D eigenvalue weighted by Gasteiger charge is -2.19. The summed E-state index contributed by atoms with van der Waals surface area (Å²) < 4.78 is 5.80. The summed E-state index contributed by atoms with van der Waals surface area (Å²) in [5.41, 5.74) is 1.65. The molecule has 24 heavy (non-hydrogen) atoms. The fourth-order valence-corrected chi connectivity index (χ4v) is 2.69. The molecule has 3 rings (SSSR count). The first kappa shape index (κ1) is 16.3. The molecule has 6 heteroatoms. The van der Waals surface area contributed by atoms with Gasteiger partial charge in [0, 0.05) is 11.0 Å². The Kier molecular flexibility index (Phi) is 4.44. The van der Waals surface area contributed by atoms with Crippen LogP contribution >= 0.6 is 11.6 Å². The SMILES string of the molecule is CC(C)(Cc1ccccc1)c1nnc(-c2cc(C=O)cc(Cl)n2)o1. The molecule has 0 radical (unpaired) electrons. The zero-order valence-corrected chi connectivity index (χ0v) is 14.1.